The number of rotatable bonds is 8. The third-order valence-corrected chi connectivity index (χ3v) is 4.81. The summed E-state index contributed by atoms with van der Waals surface area (Å²) < 4.78 is 10.6. The van der Waals surface area contributed by atoms with E-state index < -0.39 is 23.3 Å². The van der Waals surface area contributed by atoms with Gasteiger partial charge in [0.2, 0.25) is 5.91 Å². The predicted molar refractivity (Wildman–Crippen MR) is 120 cm³/mol. The summed E-state index contributed by atoms with van der Waals surface area (Å²) in [6.45, 7) is 3.43. The average molecular weight is 451 g/mol. The molecule has 10 nitrogen and oxygen atoms in total. The minimum Gasteiger partial charge on any atom is -0.496 e. The Balaban J connectivity index is 1.55. The van der Waals surface area contributed by atoms with E-state index in [1.807, 2.05) is 12.1 Å². The Morgan fingerprint density at radius 3 is 2.48 bits per heavy atom. The van der Waals surface area contributed by atoms with Gasteiger partial charge in [0.15, 0.2) is 12.2 Å². The molecule has 0 aliphatic heterocycles. The van der Waals surface area contributed by atoms with Crippen LogP contribution in [0.4, 0.5) is 5.69 Å². The van der Waals surface area contributed by atoms with Crippen LogP contribution in [-0.2, 0) is 20.8 Å². The second kappa shape index (κ2) is 10.4. The molecule has 0 saturated carbocycles. The van der Waals surface area contributed by atoms with Gasteiger partial charge < -0.3 is 25.1 Å². The van der Waals surface area contributed by atoms with Crippen molar-refractivity contribution >= 4 is 23.4 Å². The van der Waals surface area contributed by atoms with E-state index in [4.69, 9.17) is 9.15 Å². The van der Waals surface area contributed by atoms with Crippen molar-refractivity contribution in [2.45, 2.75) is 25.8 Å². The molecule has 0 atom stereocenters. The number of carbonyl (C=O) groups is 3. The number of carbonyl (C=O) groups excluding carboxylic acids is 3. The molecule has 0 fully saturated rings. The van der Waals surface area contributed by atoms with E-state index in [-0.39, 0.29) is 0 Å². The van der Waals surface area contributed by atoms with Gasteiger partial charge in [-0.05, 0) is 50.1 Å². The van der Waals surface area contributed by atoms with Crippen molar-refractivity contribution in [3.63, 3.8) is 0 Å². The zero-order valence-electron chi connectivity index (χ0n) is 18.5. The lowest BCUT2D eigenvalue weighted by atomic mass is 10.0. The van der Waals surface area contributed by atoms with E-state index in [9.17, 15) is 14.4 Å². The van der Waals surface area contributed by atoms with Gasteiger partial charge in [0.25, 0.3) is 0 Å². The van der Waals surface area contributed by atoms with Gasteiger partial charge in [0.1, 0.15) is 11.3 Å². The molecule has 0 saturated heterocycles. The molecule has 3 rings (SSSR count). The molecule has 33 heavy (non-hydrogen) atoms. The first-order chi connectivity index (χ1) is 15.8. The summed E-state index contributed by atoms with van der Waals surface area (Å²) in [5, 5.41) is 7.72. The van der Waals surface area contributed by atoms with Crippen LogP contribution in [0.1, 0.15) is 19.4 Å². The second-order valence-electron chi connectivity index (χ2n) is 7.68. The van der Waals surface area contributed by atoms with E-state index in [0.717, 1.165) is 5.56 Å². The Kier molecular flexibility index (Phi) is 7.39. The predicted octanol–water partition coefficient (Wildman–Crippen LogP) is 1.94. The Morgan fingerprint density at radius 2 is 1.82 bits per heavy atom. The van der Waals surface area contributed by atoms with Crippen molar-refractivity contribution in [2.75, 3.05) is 19.0 Å². The number of hydrogen-bond donors (Lipinski definition) is 3. The van der Waals surface area contributed by atoms with Crippen LogP contribution in [0.5, 0.6) is 5.75 Å². The zero-order chi connectivity index (χ0) is 23.8. The van der Waals surface area contributed by atoms with Gasteiger partial charge >= 0.3 is 11.8 Å². The lowest BCUT2D eigenvalue weighted by Crippen LogP contribution is -2.57. The molecule has 0 aliphatic rings. The molecule has 10 heteroatoms. The quantitative estimate of drug-likeness (QED) is 0.445. The zero-order valence-corrected chi connectivity index (χ0v) is 18.5. The smallest absolute Gasteiger partial charge is 0.313 e. The third kappa shape index (κ3) is 6.16. The number of amides is 3. The molecule has 3 N–H and O–H groups in total. The number of ether oxygens (including phenoxy) is 1. The molecule has 2 heterocycles. The Morgan fingerprint density at radius 1 is 1.06 bits per heavy atom. The molecule has 2 aromatic heterocycles. The molecular weight excluding hydrogens is 426 g/mol. The maximum atomic E-state index is 12.5. The van der Waals surface area contributed by atoms with Crippen molar-refractivity contribution in [2.24, 2.45) is 0 Å². The first-order valence-corrected chi connectivity index (χ1v) is 10.2. The number of nitrogens with zero attached hydrogens (tertiary/aromatic N) is 2. The number of pyridine rings is 1. The molecule has 0 bridgehead atoms. The highest BCUT2D eigenvalue weighted by molar-refractivity contribution is 6.40. The summed E-state index contributed by atoms with van der Waals surface area (Å²) in [6.07, 6.45) is 6.80. The number of methoxy groups -OCH3 is 1. The molecule has 1 aromatic carbocycles. The number of aromatic nitrogens is 2. The first kappa shape index (κ1) is 23.5. The molecule has 172 valence electrons. The Hall–Kier alpha value is -4.21. The average Bonchev–Trinajstić information content (AvgIpc) is 3.34. The van der Waals surface area contributed by atoms with E-state index >= 15 is 0 Å². The van der Waals surface area contributed by atoms with Crippen LogP contribution in [0.2, 0.25) is 0 Å². The van der Waals surface area contributed by atoms with E-state index in [1.54, 1.807) is 30.6 Å². The standard InChI is InChI=1S/C23H25N5O5/c1-23(2,22(31)26-11-8-15-6-9-24-10-7-15)28-21(30)20(29)27-16-4-5-17(18(12-16)32-3)19-13-25-14-33-19/h4-7,9-10,12-14H,8,11H2,1-3H3,(H,26,31)(H,27,29)(H,28,30). The molecular formula is C23H25N5O5. The Bertz CT molecular complexity index is 1110. The van der Waals surface area contributed by atoms with Crippen molar-refractivity contribution < 1.29 is 23.5 Å². The highest BCUT2D eigenvalue weighted by Crippen LogP contribution is 2.32. The van der Waals surface area contributed by atoms with E-state index in [1.165, 1.54) is 33.5 Å². The molecule has 3 amide bonds. The number of oxazole rings is 1. The maximum absolute atomic E-state index is 12.5. The first-order valence-electron chi connectivity index (χ1n) is 10.2. The lowest BCUT2D eigenvalue weighted by Gasteiger charge is -2.24. The lowest BCUT2D eigenvalue weighted by molar-refractivity contribution is -0.139. The molecule has 0 spiro atoms. The molecule has 3 aromatic rings. The van der Waals surface area contributed by atoms with Crippen molar-refractivity contribution in [1.82, 2.24) is 20.6 Å². The normalized spacial score (nSPS) is 10.9. The fourth-order valence-electron chi connectivity index (χ4n) is 3.00. The van der Waals surface area contributed by atoms with Crippen molar-refractivity contribution in [3.8, 4) is 17.1 Å². The monoisotopic (exact) mass is 451 g/mol. The summed E-state index contributed by atoms with van der Waals surface area (Å²) in [6, 6.07) is 8.54. The van der Waals surface area contributed by atoms with Crippen LogP contribution in [-0.4, -0.2) is 46.9 Å². The summed E-state index contributed by atoms with van der Waals surface area (Å²) in [7, 11) is 1.48. The number of hydrogen-bond acceptors (Lipinski definition) is 7. The van der Waals surface area contributed by atoms with Crippen molar-refractivity contribution in [3.05, 3.63) is 60.9 Å². The maximum Gasteiger partial charge on any atom is 0.313 e. The van der Waals surface area contributed by atoms with Crippen LogP contribution < -0.4 is 20.7 Å². The van der Waals surface area contributed by atoms with Crippen molar-refractivity contribution in [1.29, 1.82) is 0 Å². The minimum atomic E-state index is -1.29. The summed E-state index contributed by atoms with van der Waals surface area (Å²) in [5.74, 6) is -1.33. The highest BCUT2D eigenvalue weighted by atomic mass is 16.5. The number of benzene rings is 1. The fraction of sp³-hybridized carbons (Fsp3) is 0.261. The van der Waals surface area contributed by atoms with E-state index in [2.05, 4.69) is 25.9 Å². The van der Waals surface area contributed by atoms with Gasteiger partial charge in [-0.25, -0.2) is 4.98 Å². The Labute approximate surface area is 190 Å². The van der Waals surface area contributed by atoms with Crippen LogP contribution in [0.25, 0.3) is 11.3 Å². The fourth-order valence-corrected chi connectivity index (χ4v) is 3.00. The van der Waals surface area contributed by atoms with Gasteiger partial charge in [-0.1, -0.05) is 0 Å². The summed E-state index contributed by atoms with van der Waals surface area (Å²) in [5.41, 5.74) is 0.716. The van der Waals surface area contributed by atoms with Crippen LogP contribution in [0, 0.1) is 0 Å². The third-order valence-electron chi connectivity index (χ3n) is 4.81. The summed E-state index contributed by atoms with van der Waals surface area (Å²) in [4.78, 5) is 45.1. The number of anilines is 1. The topological polar surface area (TPSA) is 135 Å². The van der Waals surface area contributed by atoms with E-state index in [0.29, 0.717) is 35.7 Å². The highest BCUT2D eigenvalue weighted by Gasteiger charge is 2.31. The largest absolute Gasteiger partial charge is 0.496 e. The van der Waals surface area contributed by atoms with Crippen LogP contribution in [0.3, 0.4) is 0 Å². The van der Waals surface area contributed by atoms with Gasteiger partial charge in [0.05, 0.1) is 18.9 Å². The minimum absolute atomic E-state index is 0.342. The van der Waals surface area contributed by atoms with Crippen LogP contribution >= 0.6 is 0 Å². The van der Waals surface area contributed by atoms with Gasteiger partial charge in [-0.3, -0.25) is 19.4 Å². The van der Waals surface area contributed by atoms with Gasteiger partial charge in [-0.15, -0.1) is 0 Å². The summed E-state index contributed by atoms with van der Waals surface area (Å²) >= 11 is 0. The van der Waals surface area contributed by atoms with Gasteiger partial charge in [-0.2, -0.15) is 0 Å². The van der Waals surface area contributed by atoms with Gasteiger partial charge in [0, 0.05) is 30.7 Å². The molecule has 0 aliphatic carbocycles. The second-order valence-corrected chi connectivity index (χ2v) is 7.68. The van der Waals surface area contributed by atoms with Crippen LogP contribution in [0.15, 0.2) is 59.7 Å². The number of nitrogens with one attached hydrogen (secondary N) is 3. The molecule has 0 radical (unpaired) electrons. The SMILES string of the molecule is COc1cc(NC(=O)C(=O)NC(C)(C)C(=O)NCCc2ccncc2)ccc1-c1cnco1. The molecule has 0 unspecified atom stereocenters.